The van der Waals surface area contributed by atoms with Crippen LogP contribution in [0.3, 0.4) is 0 Å². The summed E-state index contributed by atoms with van der Waals surface area (Å²) < 4.78 is 10.1. The molecule has 0 N–H and O–H groups in total. The standard InChI is InChI=1S/C54H29N3OS/c1-3-15-33-30(13-1)27-32(29-42(33)57-41-23-11-21-37-35-17-5-6-18-36(35)48-34-16-4-2-14-31(34)28-43(57)50(48)49(37)41)51-52(56-54-53(55-51)39-20-8-10-26-46(39)59-54)40-22-12-25-45-47(40)38-19-7-9-24-44(38)58-45/h1-29H. The molecule has 59 heavy (non-hydrogen) atoms. The highest BCUT2D eigenvalue weighted by Crippen LogP contribution is 2.48. The monoisotopic (exact) mass is 767 g/mol. The molecule has 0 aliphatic rings. The lowest BCUT2D eigenvalue weighted by atomic mass is 9.91. The Balaban J connectivity index is 1.15. The fourth-order valence-electron chi connectivity index (χ4n) is 10.1. The zero-order chi connectivity index (χ0) is 38.3. The largest absolute Gasteiger partial charge is 0.456 e. The fraction of sp³-hybridized carbons (Fsp3) is 0. The van der Waals surface area contributed by atoms with Gasteiger partial charge in [-0.1, -0.05) is 133 Å². The van der Waals surface area contributed by atoms with E-state index >= 15 is 0 Å². The summed E-state index contributed by atoms with van der Waals surface area (Å²) in [7, 11) is 0. The summed E-state index contributed by atoms with van der Waals surface area (Å²) in [5.41, 5.74) is 9.80. The van der Waals surface area contributed by atoms with E-state index in [1.807, 2.05) is 12.1 Å². The van der Waals surface area contributed by atoms with Gasteiger partial charge < -0.3 is 8.98 Å². The lowest BCUT2D eigenvalue weighted by molar-refractivity contribution is 0.669. The first-order valence-electron chi connectivity index (χ1n) is 20.0. The average Bonchev–Trinajstić information content (AvgIpc) is 3.97. The summed E-state index contributed by atoms with van der Waals surface area (Å²) >= 11 is 1.70. The first kappa shape index (κ1) is 31.5. The van der Waals surface area contributed by atoms with Gasteiger partial charge in [0.15, 0.2) is 0 Å². The summed E-state index contributed by atoms with van der Waals surface area (Å²) in [6.07, 6.45) is 0. The van der Waals surface area contributed by atoms with Crippen molar-refractivity contribution >= 4 is 119 Å². The van der Waals surface area contributed by atoms with E-state index < -0.39 is 0 Å². The van der Waals surface area contributed by atoms with E-state index in [9.17, 15) is 0 Å². The third-order valence-corrected chi connectivity index (χ3v) is 13.6. The van der Waals surface area contributed by atoms with Crippen LogP contribution in [0.25, 0.3) is 135 Å². The zero-order valence-corrected chi connectivity index (χ0v) is 32.2. The molecule has 0 spiro atoms. The number of thiophene rings is 1. The third-order valence-electron chi connectivity index (χ3n) is 12.5. The van der Waals surface area contributed by atoms with Crippen molar-refractivity contribution in [3.05, 3.63) is 176 Å². The van der Waals surface area contributed by atoms with Gasteiger partial charge in [-0.3, -0.25) is 0 Å². The maximum Gasteiger partial charge on any atom is 0.143 e. The van der Waals surface area contributed by atoms with Gasteiger partial charge in [0.2, 0.25) is 0 Å². The molecule has 4 nitrogen and oxygen atoms in total. The molecule has 0 aliphatic heterocycles. The van der Waals surface area contributed by atoms with Gasteiger partial charge in [-0.25, -0.2) is 9.97 Å². The predicted molar refractivity (Wildman–Crippen MR) is 249 cm³/mol. The van der Waals surface area contributed by atoms with E-state index in [2.05, 4.69) is 168 Å². The number of rotatable bonds is 3. The van der Waals surface area contributed by atoms with Crippen molar-refractivity contribution in [2.24, 2.45) is 0 Å². The minimum atomic E-state index is 0.836. The second kappa shape index (κ2) is 11.5. The maximum absolute atomic E-state index is 6.43. The van der Waals surface area contributed by atoms with Crippen LogP contribution in [0.5, 0.6) is 0 Å². The second-order valence-electron chi connectivity index (χ2n) is 15.6. The summed E-state index contributed by atoms with van der Waals surface area (Å²) in [5.74, 6) is 0. The van der Waals surface area contributed by atoms with Gasteiger partial charge in [-0.2, -0.15) is 0 Å². The Morgan fingerprint density at radius 2 is 1.08 bits per heavy atom. The molecule has 0 amide bonds. The Morgan fingerprint density at radius 1 is 0.424 bits per heavy atom. The van der Waals surface area contributed by atoms with E-state index in [4.69, 9.17) is 14.4 Å². The Bertz CT molecular complexity index is 4090. The topological polar surface area (TPSA) is 43.9 Å². The first-order valence-corrected chi connectivity index (χ1v) is 20.8. The molecular weight excluding hydrogens is 739 g/mol. The average molecular weight is 768 g/mol. The Labute approximate surface area is 340 Å². The molecule has 0 aliphatic carbocycles. The van der Waals surface area contributed by atoms with Gasteiger partial charge in [0.25, 0.3) is 0 Å². The molecule has 10 aromatic carbocycles. The van der Waals surface area contributed by atoms with Crippen LogP contribution in [0.4, 0.5) is 0 Å². The number of fused-ring (bicyclic) bond motifs is 12. The molecule has 4 heterocycles. The lowest BCUT2D eigenvalue weighted by Crippen LogP contribution is -1.99. The molecule has 0 saturated heterocycles. The van der Waals surface area contributed by atoms with Crippen LogP contribution in [0.1, 0.15) is 0 Å². The van der Waals surface area contributed by atoms with Crippen LogP contribution in [0.15, 0.2) is 180 Å². The Kier molecular flexibility index (Phi) is 6.14. The van der Waals surface area contributed by atoms with Crippen molar-refractivity contribution in [2.45, 2.75) is 0 Å². The second-order valence-corrected chi connectivity index (χ2v) is 16.6. The number of aromatic nitrogens is 3. The van der Waals surface area contributed by atoms with Gasteiger partial charge in [0.1, 0.15) is 21.5 Å². The number of nitrogens with zero attached hydrogens (tertiary/aromatic N) is 3. The third kappa shape index (κ3) is 4.21. The normalized spacial score (nSPS) is 12.4. The van der Waals surface area contributed by atoms with Gasteiger partial charge in [-0.15, -0.1) is 11.3 Å². The van der Waals surface area contributed by atoms with Gasteiger partial charge in [0, 0.05) is 53.5 Å². The van der Waals surface area contributed by atoms with Crippen LogP contribution in [0, 0.1) is 0 Å². The molecule has 0 saturated carbocycles. The van der Waals surface area contributed by atoms with Gasteiger partial charge >= 0.3 is 0 Å². The van der Waals surface area contributed by atoms with E-state index in [-0.39, 0.29) is 0 Å². The summed E-state index contributed by atoms with van der Waals surface area (Å²) in [6, 6.07) is 63.5. The van der Waals surface area contributed by atoms with E-state index in [0.29, 0.717) is 0 Å². The summed E-state index contributed by atoms with van der Waals surface area (Å²) in [6.45, 7) is 0. The van der Waals surface area contributed by atoms with Crippen LogP contribution in [-0.4, -0.2) is 14.5 Å². The minimum absolute atomic E-state index is 0.836. The number of hydrogen-bond acceptors (Lipinski definition) is 4. The number of benzene rings is 10. The van der Waals surface area contributed by atoms with Crippen molar-refractivity contribution < 1.29 is 4.42 Å². The van der Waals surface area contributed by atoms with Crippen molar-refractivity contribution in [1.82, 2.24) is 14.5 Å². The number of hydrogen-bond donors (Lipinski definition) is 0. The zero-order valence-electron chi connectivity index (χ0n) is 31.4. The SMILES string of the molecule is c1ccc2c(-n3c4cccc5c6ccccc6c6c7ccccc7cc3c6c54)cc(-c3nc4c(nc3-c3cccc5oc6ccccc6c35)sc3ccccc34)cc2c1. The Morgan fingerprint density at radius 3 is 1.97 bits per heavy atom. The highest BCUT2D eigenvalue weighted by molar-refractivity contribution is 7.25. The molecule has 0 fully saturated rings. The molecule has 0 unspecified atom stereocenters. The molecule has 4 aromatic heterocycles. The van der Waals surface area contributed by atoms with Gasteiger partial charge in [0.05, 0.1) is 28.1 Å². The lowest BCUT2D eigenvalue weighted by Gasteiger charge is -2.16. The molecule has 5 heteroatoms. The highest BCUT2D eigenvalue weighted by atomic mass is 32.1. The van der Waals surface area contributed by atoms with E-state index in [0.717, 1.165) is 71.3 Å². The fourth-order valence-corrected chi connectivity index (χ4v) is 11.1. The van der Waals surface area contributed by atoms with Crippen molar-refractivity contribution in [1.29, 1.82) is 0 Å². The van der Waals surface area contributed by atoms with Crippen LogP contribution in [-0.2, 0) is 0 Å². The molecule has 272 valence electrons. The molecule has 0 atom stereocenters. The smallest absolute Gasteiger partial charge is 0.143 e. The molecule has 14 aromatic rings. The van der Waals surface area contributed by atoms with E-state index in [1.165, 1.54) is 64.2 Å². The van der Waals surface area contributed by atoms with Crippen molar-refractivity contribution in [2.75, 3.05) is 0 Å². The maximum atomic E-state index is 6.43. The number of furan rings is 1. The van der Waals surface area contributed by atoms with Crippen LogP contribution < -0.4 is 0 Å². The molecule has 0 radical (unpaired) electrons. The molecule has 0 bridgehead atoms. The Hall–Kier alpha value is -7.60. The van der Waals surface area contributed by atoms with Gasteiger partial charge in [-0.05, 0) is 74.8 Å². The predicted octanol–water partition coefficient (Wildman–Crippen LogP) is 15.2. The van der Waals surface area contributed by atoms with Crippen LogP contribution >= 0.6 is 11.3 Å². The quantitative estimate of drug-likeness (QED) is 0.168. The summed E-state index contributed by atoms with van der Waals surface area (Å²) in [4.78, 5) is 12.1. The molecular formula is C54H29N3OS. The van der Waals surface area contributed by atoms with Crippen LogP contribution in [0.2, 0.25) is 0 Å². The first-order chi connectivity index (χ1) is 29.3. The molecule has 14 rings (SSSR count). The number of para-hydroxylation sites is 1. The summed E-state index contributed by atoms with van der Waals surface area (Å²) in [5, 5.41) is 15.8. The van der Waals surface area contributed by atoms with E-state index in [1.54, 1.807) is 11.3 Å². The van der Waals surface area contributed by atoms with Crippen molar-refractivity contribution in [3.63, 3.8) is 0 Å². The van der Waals surface area contributed by atoms with Crippen molar-refractivity contribution in [3.8, 4) is 28.2 Å². The highest BCUT2D eigenvalue weighted by Gasteiger charge is 2.25. The minimum Gasteiger partial charge on any atom is -0.456 e.